The normalized spacial score (nSPS) is 16.5. The SMILES string of the molecule is OC(Cc1ccccc1F)c1cc2c(s1)CCCCC2. The van der Waals surface area contributed by atoms with Gasteiger partial charge in [-0.25, -0.2) is 4.39 Å². The van der Waals surface area contributed by atoms with Crippen LogP contribution >= 0.6 is 11.3 Å². The average molecular weight is 290 g/mol. The summed E-state index contributed by atoms with van der Waals surface area (Å²) in [5, 5.41) is 10.4. The van der Waals surface area contributed by atoms with Crippen LogP contribution in [-0.4, -0.2) is 5.11 Å². The molecule has 0 aliphatic heterocycles. The van der Waals surface area contributed by atoms with Gasteiger partial charge in [0.25, 0.3) is 0 Å². The van der Waals surface area contributed by atoms with Crippen molar-refractivity contribution in [3.8, 4) is 0 Å². The molecular formula is C17H19FOS. The van der Waals surface area contributed by atoms with Gasteiger partial charge >= 0.3 is 0 Å². The topological polar surface area (TPSA) is 20.2 Å². The molecule has 1 aromatic heterocycles. The zero-order valence-electron chi connectivity index (χ0n) is 11.4. The number of thiophene rings is 1. The summed E-state index contributed by atoms with van der Waals surface area (Å²) < 4.78 is 13.6. The van der Waals surface area contributed by atoms with Crippen LogP contribution in [0.4, 0.5) is 4.39 Å². The molecule has 20 heavy (non-hydrogen) atoms. The molecule has 0 spiro atoms. The third-order valence-electron chi connectivity index (χ3n) is 3.97. The zero-order chi connectivity index (χ0) is 13.9. The lowest BCUT2D eigenvalue weighted by Gasteiger charge is -2.09. The number of aliphatic hydroxyl groups is 1. The van der Waals surface area contributed by atoms with Gasteiger partial charge < -0.3 is 5.11 Å². The molecule has 3 heteroatoms. The van der Waals surface area contributed by atoms with E-state index in [0.717, 1.165) is 17.7 Å². The molecule has 0 radical (unpaired) electrons. The van der Waals surface area contributed by atoms with Crippen molar-refractivity contribution in [1.29, 1.82) is 0 Å². The van der Waals surface area contributed by atoms with E-state index in [1.54, 1.807) is 23.5 Å². The molecule has 1 nitrogen and oxygen atoms in total. The zero-order valence-corrected chi connectivity index (χ0v) is 12.3. The van der Waals surface area contributed by atoms with Crippen LogP contribution in [0.2, 0.25) is 0 Å². The van der Waals surface area contributed by atoms with Crippen molar-refractivity contribution in [3.05, 3.63) is 57.0 Å². The summed E-state index contributed by atoms with van der Waals surface area (Å²) in [6, 6.07) is 8.83. The first kappa shape index (κ1) is 13.8. The van der Waals surface area contributed by atoms with Crippen LogP contribution in [0.3, 0.4) is 0 Å². The molecule has 1 N–H and O–H groups in total. The van der Waals surface area contributed by atoms with Gasteiger partial charge in [0.1, 0.15) is 5.82 Å². The van der Waals surface area contributed by atoms with Crippen LogP contribution in [0.15, 0.2) is 30.3 Å². The average Bonchev–Trinajstić information content (AvgIpc) is 2.73. The second-order valence-corrected chi connectivity index (χ2v) is 6.64. The number of halogens is 1. The fourth-order valence-corrected chi connectivity index (χ4v) is 4.07. The van der Waals surface area contributed by atoms with Crippen molar-refractivity contribution >= 4 is 11.3 Å². The molecule has 1 aliphatic rings. The van der Waals surface area contributed by atoms with E-state index in [-0.39, 0.29) is 5.82 Å². The lowest BCUT2D eigenvalue weighted by atomic mass is 10.0. The molecule has 3 rings (SSSR count). The Morgan fingerprint density at radius 2 is 1.95 bits per heavy atom. The number of aryl methyl sites for hydroxylation is 2. The summed E-state index contributed by atoms with van der Waals surface area (Å²) in [7, 11) is 0. The molecular weight excluding hydrogens is 271 g/mol. The molecule has 1 atom stereocenters. The van der Waals surface area contributed by atoms with E-state index in [1.807, 2.05) is 6.07 Å². The predicted octanol–water partition coefficient (Wildman–Crippen LogP) is 4.43. The molecule has 0 fully saturated rings. The fraction of sp³-hybridized carbons (Fsp3) is 0.412. The monoisotopic (exact) mass is 290 g/mol. The lowest BCUT2D eigenvalue weighted by Crippen LogP contribution is -2.01. The predicted molar refractivity (Wildman–Crippen MR) is 80.6 cm³/mol. The minimum Gasteiger partial charge on any atom is -0.387 e. The minimum absolute atomic E-state index is 0.232. The van der Waals surface area contributed by atoms with Gasteiger partial charge in [0, 0.05) is 16.2 Å². The maximum absolute atomic E-state index is 13.6. The van der Waals surface area contributed by atoms with Crippen LogP contribution in [0.1, 0.15) is 46.2 Å². The number of rotatable bonds is 3. The number of hydrogen-bond acceptors (Lipinski definition) is 2. The van der Waals surface area contributed by atoms with Gasteiger partial charge in [-0.15, -0.1) is 11.3 Å². The highest BCUT2D eigenvalue weighted by molar-refractivity contribution is 7.12. The second kappa shape index (κ2) is 6.06. The van der Waals surface area contributed by atoms with Crippen molar-refractivity contribution in [1.82, 2.24) is 0 Å². The Kier molecular flexibility index (Phi) is 4.18. The van der Waals surface area contributed by atoms with E-state index in [1.165, 1.54) is 35.8 Å². The summed E-state index contributed by atoms with van der Waals surface area (Å²) in [5.74, 6) is -0.232. The van der Waals surface area contributed by atoms with Crippen LogP contribution in [0.25, 0.3) is 0 Å². The highest BCUT2D eigenvalue weighted by atomic mass is 32.1. The first-order valence-electron chi connectivity index (χ1n) is 7.27. The maximum atomic E-state index is 13.6. The van der Waals surface area contributed by atoms with Gasteiger partial charge in [0.15, 0.2) is 0 Å². The summed E-state index contributed by atoms with van der Waals surface area (Å²) in [5.41, 5.74) is 1.98. The Hall–Kier alpha value is -1.19. The molecule has 0 saturated carbocycles. The van der Waals surface area contributed by atoms with Crippen molar-refractivity contribution in [2.45, 2.75) is 44.6 Å². The molecule has 0 bridgehead atoms. The van der Waals surface area contributed by atoms with Crippen LogP contribution in [0, 0.1) is 5.82 Å². The standard InChI is InChI=1S/C17H19FOS/c18-14-8-5-4-6-12(14)10-15(19)17-11-13-7-2-1-3-9-16(13)20-17/h4-6,8,11,15,19H,1-3,7,9-10H2. The van der Waals surface area contributed by atoms with Crippen LogP contribution in [-0.2, 0) is 19.3 Å². The Morgan fingerprint density at radius 3 is 2.80 bits per heavy atom. The first-order chi connectivity index (χ1) is 9.74. The Labute approximate surface area is 123 Å². The highest BCUT2D eigenvalue weighted by Gasteiger charge is 2.18. The van der Waals surface area contributed by atoms with E-state index in [9.17, 15) is 9.50 Å². The third-order valence-corrected chi connectivity index (χ3v) is 5.30. The first-order valence-corrected chi connectivity index (χ1v) is 8.08. The van der Waals surface area contributed by atoms with Gasteiger partial charge in [0.05, 0.1) is 6.10 Å². The molecule has 1 aromatic carbocycles. The summed E-state index contributed by atoms with van der Waals surface area (Å²) >= 11 is 1.71. The molecule has 1 unspecified atom stereocenters. The Bertz CT molecular complexity index is 567. The third kappa shape index (κ3) is 2.94. The number of benzene rings is 1. The molecule has 0 saturated heterocycles. The molecule has 1 aliphatic carbocycles. The fourth-order valence-electron chi connectivity index (χ4n) is 2.83. The van der Waals surface area contributed by atoms with E-state index in [2.05, 4.69) is 6.07 Å². The van der Waals surface area contributed by atoms with Crippen molar-refractivity contribution < 1.29 is 9.50 Å². The van der Waals surface area contributed by atoms with E-state index in [4.69, 9.17) is 0 Å². The molecule has 0 amide bonds. The second-order valence-electron chi connectivity index (χ2n) is 5.47. The van der Waals surface area contributed by atoms with Crippen LogP contribution in [0.5, 0.6) is 0 Å². The maximum Gasteiger partial charge on any atom is 0.126 e. The van der Waals surface area contributed by atoms with Gasteiger partial charge in [-0.05, 0) is 48.9 Å². The van der Waals surface area contributed by atoms with Gasteiger partial charge in [-0.3, -0.25) is 0 Å². The number of fused-ring (bicyclic) bond motifs is 1. The quantitative estimate of drug-likeness (QED) is 0.829. The Balaban J connectivity index is 1.77. The summed E-state index contributed by atoms with van der Waals surface area (Å²) in [4.78, 5) is 2.41. The van der Waals surface area contributed by atoms with Gasteiger partial charge in [-0.1, -0.05) is 24.6 Å². The van der Waals surface area contributed by atoms with Crippen LogP contribution < -0.4 is 0 Å². The number of hydrogen-bond donors (Lipinski definition) is 1. The minimum atomic E-state index is -0.594. The lowest BCUT2D eigenvalue weighted by molar-refractivity contribution is 0.181. The smallest absolute Gasteiger partial charge is 0.126 e. The van der Waals surface area contributed by atoms with E-state index >= 15 is 0 Å². The number of aliphatic hydroxyl groups excluding tert-OH is 1. The molecule has 106 valence electrons. The largest absolute Gasteiger partial charge is 0.387 e. The van der Waals surface area contributed by atoms with E-state index < -0.39 is 6.10 Å². The van der Waals surface area contributed by atoms with Crippen molar-refractivity contribution in [3.63, 3.8) is 0 Å². The van der Waals surface area contributed by atoms with Crippen molar-refractivity contribution in [2.75, 3.05) is 0 Å². The highest BCUT2D eigenvalue weighted by Crippen LogP contribution is 2.33. The molecule has 1 heterocycles. The van der Waals surface area contributed by atoms with Gasteiger partial charge in [0.2, 0.25) is 0 Å². The van der Waals surface area contributed by atoms with E-state index in [0.29, 0.717) is 12.0 Å². The summed E-state index contributed by atoms with van der Waals surface area (Å²) in [6.07, 6.45) is 5.80. The van der Waals surface area contributed by atoms with Crippen molar-refractivity contribution in [2.24, 2.45) is 0 Å². The van der Waals surface area contributed by atoms with Gasteiger partial charge in [-0.2, -0.15) is 0 Å². The molecule has 2 aromatic rings. The summed E-state index contributed by atoms with van der Waals surface area (Å²) in [6.45, 7) is 0. The Morgan fingerprint density at radius 1 is 1.15 bits per heavy atom.